The van der Waals surface area contributed by atoms with Crippen molar-refractivity contribution in [1.29, 1.82) is 0 Å². The molecule has 7 heteroatoms. The highest BCUT2D eigenvalue weighted by Gasteiger charge is 2.13. The second-order valence-corrected chi connectivity index (χ2v) is 7.04. The number of rotatable bonds is 8. The lowest BCUT2D eigenvalue weighted by molar-refractivity contribution is -0.121. The van der Waals surface area contributed by atoms with E-state index in [0.717, 1.165) is 22.5 Å². The predicted octanol–water partition coefficient (Wildman–Crippen LogP) is 2.90. The largest absolute Gasteiger partial charge is 0.354 e. The summed E-state index contributed by atoms with van der Waals surface area (Å²) in [5.74, 6) is 0.550. The van der Waals surface area contributed by atoms with Crippen LogP contribution in [0.2, 0.25) is 0 Å². The standard InChI is InChI=1S/C24H23N5O2/c30-23(26-15-16-27-24(31)18-7-6-14-25-17-18)13-12-22-28-20-10-4-5-11-21(20)29(22)19-8-2-1-3-9-19/h1-11,14,17H,12-13,15-16H2,(H,26,30)(H,27,31). The van der Waals surface area contributed by atoms with Crippen molar-refractivity contribution in [3.05, 3.63) is 90.5 Å². The summed E-state index contributed by atoms with van der Waals surface area (Å²) < 4.78 is 2.09. The quantitative estimate of drug-likeness (QED) is 0.435. The number of benzene rings is 2. The molecule has 2 aromatic carbocycles. The van der Waals surface area contributed by atoms with Gasteiger partial charge in [0.1, 0.15) is 5.82 Å². The van der Waals surface area contributed by atoms with Gasteiger partial charge in [-0.25, -0.2) is 4.98 Å². The topological polar surface area (TPSA) is 88.9 Å². The minimum Gasteiger partial charge on any atom is -0.354 e. The second-order valence-electron chi connectivity index (χ2n) is 7.04. The normalized spacial score (nSPS) is 10.7. The predicted molar refractivity (Wildman–Crippen MR) is 119 cm³/mol. The molecule has 2 aromatic heterocycles. The third-order valence-corrected chi connectivity index (χ3v) is 4.88. The van der Waals surface area contributed by atoms with Crippen molar-refractivity contribution >= 4 is 22.8 Å². The first-order valence-corrected chi connectivity index (χ1v) is 10.2. The van der Waals surface area contributed by atoms with Crippen LogP contribution in [0.3, 0.4) is 0 Å². The van der Waals surface area contributed by atoms with Gasteiger partial charge in [0, 0.05) is 44.0 Å². The number of fused-ring (bicyclic) bond motifs is 1. The van der Waals surface area contributed by atoms with Crippen molar-refractivity contribution in [2.45, 2.75) is 12.8 Å². The molecular weight excluding hydrogens is 390 g/mol. The monoisotopic (exact) mass is 413 g/mol. The Kier molecular flexibility index (Phi) is 6.32. The molecular formula is C24H23N5O2. The maximum atomic E-state index is 12.3. The molecule has 2 N–H and O–H groups in total. The van der Waals surface area contributed by atoms with Crippen LogP contribution in [0, 0.1) is 0 Å². The third kappa shape index (κ3) is 4.95. The van der Waals surface area contributed by atoms with Gasteiger partial charge in [-0.2, -0.15) is 0 Å². The molecule has 0 saturated heterocycles. The van der Waals surface area contributed by atoms with Gasteiger partial charge in [0.25, 0.3) is 5.91 Å². The van der Waals surface area contributed by atoms with Crippen molar-refractivity contribution in [3.8, 4) is 5.69 Å². The molecule has 31 heavy (non-hydrogen) atoms. The van der Waals surface area contributed by atoms with E-state index in [1.165, 1.54) is 6.20 Å². The number of hydrogen-bond acceptors (Lipinski definition) is 4. The molecule has 0 aliphatic rings. The second kappa shape index (κ2) is 9.67. The van der Waals surface area contributed by atoms with Gasteiger partial charge in [-0.05, 0) is 36.4 Å². The average Bonchev–Trinajstić information content (AvgIpc) is 3.20. The highest BCUT2D eigenvalue weighted by atomic mass is 16.2. The number of pyridine rings is 1. The first-order chi connectivity index (χ1) is 15.2. The third-order valence-electron chi connectivity index (χ3n) is 4.88. The van der Waals surface area contributed by atoms with E-state index in [1.54, 1.807) is 18.3 Å². The van der Waals surface area contributed by atoms with Gasteiger partial charge >= 0.3 is 0 Å². The molecule has 7 nitrogen and oxygen atoms in total. The van der Waals surface area contributed by atoms with Gasteiger partial charge in [0.2, 0.25) is 5.91 Å². The van der Waals surface area contributed by atoms with Gasteiger partial charge in [0.15, 0.2) is 0 Å². The van der Waals surface area contributed by atoms with E-state index < -0.39 is 0 Å². The Morgan fingerprint density at radius 3 is 2.45 bits per heavy atom. The van der Waals surface area contributed by atoms with Gasteiger partial charge in [-0.15, -0.1) is 0 Å². The number of nitrogens with zero attached hydrogens (tertiary/aromatic N) is 3. The van der Waals surface area contributed by atoms with E-state index in [4.69, 9.17) is 4.98 Å². The van der Waals surface area contributed by atoms with Gasteiger partial charge in [-0.1, -0.05) is 30.3 Å². The van der Waals surface area contributed by atoms with Crippen LogP contribution in [0.4, 0.5) is 0 Å². The molecule has 0 spiro atoms. The Labute approximate surface area is 180 Å². The molecule has 2 amide bonds. The van der Waals surface area contributed by atoms with Crippen LogP contribution in [-0.2, 0) is 11.2 Å². The smallest absolute Gasteiger partial charge is 0.252 e. The number of imidazole rings is 1. The zero-order valence-corrected chi connectivity index (χ0v) is 17.0. The van der Waals surface area contributed by atoms with E-state index in [2.05, 4.69) is 20.2 Å². The Morgan fingerprint density at radius 2 is 1.65 bits per heavy atom. The number of carbonyl (C=O) groups excluding carboxylic acids is 2. The SMILES string of the molecule is O=C(CCc1nc2ccccc2n1-c1ccccc1)NCCNC(=O)c1cccnc1. The van der Waals surface area contributed by atoms with Crippen LogP contribution in [-0.4, -0.2) is 39.4 Å². The minimum atomic E-state index is -0.209. The average molecular weight is 413 g/mol. The van der Waals surface area contributed by atoms with Crippen molar-refractivity contribution in [3.63, 3.8) is 0 Å². The fourth-order valence-electron chi connectivity index (χ4n) is 3.40. The molecule has 156 valence electrons. The van der Waals surface area contributed by atoms with Crippen LogP contribution in [0.1, 0.15) is 22.6 Å². The molecule has 0 radical (unpaired) electrons. The highest BCUT2D eigenvalue weighted by molar-refractivity contribution is 5.93. The lowest BCUT2D eigenvalue weighted by atomic mass is 10.2. The summed E-state index contributed by atoms with van der Waals surface area (Å²) in [4.78, 5) is 33.0. The van der Waals surface area contributed by atoms with Crippen molar-refractivity contribution in [2.24, 2.45) is 0 Å². The molecule has 4 aromatic rings. The lowest BCUT2D eigenvalue weighted by Gasteiger charge is -2.10. The Bertz CT molecular complexity index is 1170. The van der Waals surface area contributed by atoms with E-state index >= 15 is 0 Å². The van der Waals surface area contributed by atoms with E-state index in [9.17, 15) is 9.59 Å². The number of aryl methyl sites for hydroxylation is 1. The van der Waals surface area contributed by atoms with Crippen LogP contribution in [0.5, 0.6) is 0 Å². The summed E-state index contributed by atoms with van der Waals surface area (Å²) in [6.45, 7) is 0.710. The van der Waals surface area contributed by atoms with Crippen LogP contribution < -0.4 is 10.6 Å². The van der Waals surface area contributed by atoms with E-state index in [1.807, 2.05) is 54.6 Å². The minimum absolute atomic E-state index is 0.0812. The van der Waals surface area contributed by atoms with Crippen molar-refractivity contribution in [1.82, 2.24) is 25.2 Å². The fraction of sp³-hybridized carbons (Fsp3) is 0.167. The summed E-state index contributed by atoms with van der Waals surface area (Å²) in [5.41, 5.74) is 3.43. The highest BCUT2D eigenvalue weighted by Crippen LogP contribution is 2.22. The summed E-state index contributed by atoms with van der Waals surface area (Å²) in [5, 5.41) is 5.61. The van der Waals surface area contributed by atoms with Gasteiger partial charge in [0.05, 0.1) is 16.6 Å². The molecule has 0 aliphatic carbocycles. The number of amides is 2. The number of hydrogen-bond donors (Lipinski definition) is 2. The van der Waals surface area contributed by atoms with E-state index in [0.29, 0.717) is 31.5 Å². The molecule has 0 bridgehead atoms. The lowest BCUT2D eigenvalue weighted by Crippen LogP contribution is -2.34. The maximum absolute atomic E-state index is 12.3. The zero-order chi connectivity index (χ0) is 21.5. The molecule has 0 fully saturated rings. The molecule has 0 saturated carbocycles. The first-order valence-electron chi connectivity index (χ1n) is 10.2. The van der Waals surface area contributed by atoms with Crippen LogP contribution >= 0.6 is 0 Å². The zero-order valence-electron chi connectivity index (χ0n) is 17.0. The summed E-state index contributed by atoms with van der Waals surface area (Å²) in [6, 6.07) is 21.4. The van der Waals surface area contributed by atoms with Gasteiger partial charge < -0.3 is 10.6 Å². The number of nitrogens with one attached hydrogen (secondary N) is 2. The van der Waals surface area contributed by atoms with Crippen molar-refractivity contribution < 1.29 is 9.59 Å². The van der Waals surface area contributed by atoms with Crippen LogP contribution in [0.25, 0.3) is 16.7 Å². The Hall–Kier alpha value is -4.00. The number of carbonyl (C=O) groups is 2. The fourth-order valence-corrected chi connectivity index (χ4v) is 3.40. The number of aromatic nitrogens is 3. The Balaban J connectivity index is 1.33. The van der Waals surface area contributed by atoms with Crippen LogP contribution in [0.15, 0.2) is 79.1 Å². The maximum Gasteiger partial charge on any atom is 0.252 e. The molecule has 2 heterocycles. The molecule has 4 rings (SSSR count). The first kappa shape index (κ1) is 20.3. The van der Waals surface area contributed by atoms with E-state index in [-0.39, 0.29) is 11.8 Å². The van der Waals surface area contributed by atoms with Crippen molar-refractivity contribution in [2.75, 3.05) is 13.1 Å². The number of para-hydroxylation sites is 3. The summed E-state index contributed by atoms with van der Waals surface area (Å²) in [6.07, 6.45) is 3.94. The molecule has 0 unspecified atom stereocenters. The molecule has 0 atom stereocenters. The summed E-state index contributed by atoms with van der Waals surface area (Å²) >= 11 is 0. The summed E-state index contributed by atoms with van der Waals surface area (Å²) in [7, 11) is 0. The molecule has 0 aliphatic heterocycles. The Morgan fingerprint density at radius 1 is 0.871 bits per heavy atom. The van der Waals surface area contributed by atoms with Gasteiger partial charge in [-0.3, -0.25) is 19.1 Å².